The monoisotopic (exact) mass is 399 g/mol. The number of ether oxygens (including phenoxy) is 1. The average Bonchev–Trinajstić information content (AvgIpc) is 2.46. The summed E-state index contributed by atoms with van der Waals surface area (Å²) in [5, 5.41) is 13.0. The van der Waals surface area contributed by atoms with Gasteiger partial charge in [-0.05, 0) is 48.5 Å². The maximum Gasteiger partial charge on any atom is 0.119 e. The van der Waals surface area contributed by atoms with E-state index in [-0.39, 0.29) is 6.61 Å². The van der Waals surface area contributed by atoms with E-state index in [0.717, 1.165) is 20.4 Å². The fourth-order valence-corrected chi connectivity index (χ4v) is 2.11. The molecule has 0 aromatic heterocycles. The van der Waals surface area contributed by atoms with Crippen molar-refractivity contribution in [3.05, 3.63) is 57.5 Å². The molecule has 0 heterocycles. The molecular weight excluding hydrogens is 386 g/mol. The lowest BCUT2D eigenvalue weighted by atomic mass is 10.3. The Bertz CT molecular complexity index is 479. The van der Waals surface area contributed by atoms with Crippen LogP contribution in [0.2, 0.25) is 0 Å². The number of rotatable bonds is 6. The van der Waals surface area contributed by atoms with E-state index in [0.29, 0.717) is 6.54 Å². The number of benzene rings is 2. The molecule has 0 radical (unpaired) electrons. The van der Waals surface area contributed by atoms with Crippen LogP contribution >= 0.6 is 31.9 Å². The fourth-order valence-electron chi connectivity index (χ4n) is 1.59. The highest BCUT2D eigenvalue weighted by Gasteiger charge is 2.05. The Kier molecular flexibility index (Phi) is 5.88. The number of hydrogen-bond donors (Lipinski definition) is 2. The molecule has 0 amide bonds. The molecule has 1 unspecified atom stereocenters. The Hall–Kier alpha value is -1.04. The van der Waals surface area contributed by atoms with Gasteiger partial charge in [0.2, 0.25) is 0 Å². The smallest absolute Gasteiger partial charge is 0.119 e. The number of halogens is 2. The molecule has 2 aromatic carbocycles. The van der Waals surface area contributed by atoms with Crippen molar-refractivity contribution < 1.29 is 9.84 Å². The second-order valence-electron chi connectivity index (χ2n) is 4.31. The van der Waals surface area contributed by atoms with Crippen LogP contribution in [0.15, 0.2) is 57.5 Å². The standard InChI is InChI=1S/C15H15Br2NO2/c16-11-1-5-13(6-2-11)18-9-14(19)10-20-15-7-3-12(17)4-8-15/h1-8,14,18-19H,9-10H2. The number of aliphatic hydroxyl groups is 1. The first kappa shape index (κ1) is 15.4. The van der Waals surface area contributed by atoms with Gasteiger partial charge in [-0.25, -0.2) is 0 Å². The lowest BCUT2D eigenvalue weighted by Gasteiger charge is -2.14. The SMILES string of the molecule is OC(CNc1ccc(Br)cc1)COc1ccc(Br)cc1. The van der Waals surface area contributed by atoms with E-state index >= 15 is 0 Å². The summed E-state index contributed by atoms with van der Waals surface area (Å²) in [6.45, 7) is 0.698. The van der Waals surface area contributed by atoms with Crippen LogP contribution in [0.3, 0.4) is 0 Å². The summed E-state index contributed by atoms with van der Waals surface area (Å²) in [7, 11) is 0. The molecule has 2 rings (SSSR count). The quantitative estimate of drug-likeness (QED) is 0.768. The van der Waals surface area contributed by atoms with E-state index in [9.17, 15) is 5.11 Å². The third kappa shape index (κ3) is 5.15. The molecule has 0 aliphatic rings. The van der Waals surface area contributed by atoms with Crippen LogP contribution < -0.4 is 10.1 Å². The number of hydrogen-bond acceptors (Lipinski definition) is 3. The Balaban J connectivity index is 1.73. The molecule has 106 valence electrons. The molecular formula is C15H15Br2NO2. The summed E-state index contributed by atoms with van der Waals surface area (Å²) >= 11 is 6.74. The predicted octanol–water partition coefficient (Wildman–Crippen LogP) is 4.06. The zero-order chi connectivity index (χ0) is 14.4. The van der Waals surface area contributed by atoms with E-state index < -0.39 is 6.10 Å². The van der Waals surface area contributed by atoms with Crippen molar-refractivity contribution in [3.63, 3.8) is 0 Å². The van der Waals surface area contributed by atoms with Crippen molar-refractivity contribution in [2.75, 3.05) is 18.5 Å². The van der Waals surface area contributed by atoms with Crippen LogP contribution in [0.25, 0.3) is 0 Å². The van der Waals surface area contributed by atoms with E-state index in [2.05, 4.69) is 37.2 Å². The third-order valence-electron chi connectivity index (χ3n) is 2.64. The van der Waals surface area contributed by atoms with Gasteiger partial charge in [-0.2, -0.15) is 0 Å². The van der Waals surface area contributed by atoms with Crippen molar-refractivity contribution >= 4 is 37.5 Å². The van der Waals surface area contributed by atoms with Gasteiger partial charge in [-0.1, -0.05) is 31.9 Å². The van der Waals surface area contributed by atoms with Crippen molar-refractivity contribution in [1.82, 2.24) is 0 Å². The van der Waals surface area contributed by atoms with Gasteiger partial charge in [-0.3, -0.25) is 0 Å². The summed E-state index contributed by atoms with van der Waals surface area (Å²) in [5.41, 5.74) is 0.968. The van der Waals surface area contributed by atoms with E-state index in [1.54, 1.807) is 0 Å². The third-order valence-corrected chi connectivity index (χ3v) is 3.70. The van der Waals surface area contributed by atoms with Gasteiger partial charge in [0.25, 0.3) is 0 Å². The number of nitrogens with one attached hydrogen (secondary N) is 1. The highest BCUT2D eigenvalue weighted by molar-refractivity contribution is 9.10. The van der Waals surface area contributed by atoms with Crippen LogP contribution in [0.1, 0.15) is 0 Å². The van der Waals surface area contributed by atoms with Crippen molar-refractivity contribution in [1.29, 1.82) is 0 Å². The Morgan fingerprint density at radius 3 is 2.10 bits per heavy atom. The van der Waals surface area contributed by atoms with E-state index in [1.807, 2.05) is 48.5 Å². The minimum Gasteiger partial charge on any atom is -0.491 e. The molecule has 0 spiro atoms. The van der Waals surface area contributed by atoms with Crippen molar-refractivity contribution in [2.45, 2.75) is 6.10 Å². The molecule has 1 atom stereocenters. The van der Waals surface area contributed by atoms with Crippen molar-refractivity contribution in [3.8, 4) is 5.75 Å². The molecule has 20 heavy (non-hydrogen) atoms. The van der Waals surface area contributed by atoms with Crippen molar-refractivity contribution in [2.24, 2.45) is 0 Å². The molecule has 0 bridgehead atoms. The van der Waals surface area contributed by atoms with Gasteiger partial charge >= 0.3 is 0 Å². The molecule has 5 heteroatoms. The van der Waals surface area contributed by atoms with Crippen LogP contribution in [0.4, 0.5) is 5.69 Å². The second-order valence-corrected chi connectivity index (χ2v) is 6.14. The van der Waals surface area contributed by atoms with Gasteiger partial charge < -0.3 is 15.2 Å². The Labute approximate surface area is 135 Å². The minimum atomic E-state index is -0.567. The summed E-state index contributed by atoms with van der Waals surface area (Å²) < 4.78 is 7.54. The summed E-state index contributed by atoms with van der Waals surface area (Å²) in [4.78, 5) is 0. The molecule has 0 fully saturated rings. The van der Waals surface area contributed by atoms with Gasteiger partial charge in [0.05, 0.1) is 0 Å². The normalized spacial score (nSPS) is 11.9. The second kappa shape index (κ2) is 7.67. The molecule has 2 N–H and O–H groups in total. The summed E-state index contributed by atoms with van der Waals surface area (Å²) in [6, 6.07) is 15.3. The molecule has 0 aliphatic carbocycles. The molecule has 0 saturated heterocycles. The van der Waals surface area contributed by atoms with Gasteiger partial charge in [0, 0.05) is 21.2 Å². The lowest BCUT2D eigenvalue weighted by Crippen LogP contribution is -2.26. The first-order chi connectivity index (χ1) is 9.63. The first-order valence-electron chi connectivity index (χ1n) is 6.19. The maximum absolute atomic E-state index is 9.87. The number of aliphatic hydroxyl groups excluding tert-OH is 1. The van der Waals surface area contributed by atoms with Crippen LogP contribution in [0, 0.1) is 0 Å². The van der Waals surface area contributed by atoms with Crippen LogP contribution in [0.5, 0.6) is 5.75 Å². The Morgan fingerprint density at radius 2 is 1.50 bits per heavy atom. The maximum atomic E-state index is 9.87. The molecule has 0 aliphatic heterocycles. The zero-order valence-corrected chi connectivity index (χ0v) is 13.9. The highest BCUT2D eigenvalue weighted by Crippen LogP contribution is 2.16. The summed E-state index contributed by atoms with van der Waals surface area (Å²) in [6.07, 6.45) is -0.567. The zero-order valence-electron chi connectivity index (χ0n) is 10.7. The van der Waals surface area contributed by atoms with Gasteiger partial charge in [0.1, 0.15) is 18.5 Å². The average molecular weight is 401 g/mol. The minimum absolute atomic E-state index is 0.255. The molecule has 2 aromatic rings. The predicted molar refractivity (Wildman–Crippen MR) is 88.3 cm³/mol. The molecule has 3 nitrogen and oxygen atoms in total. The van der Waals surface area contributed by atoms with Crippen LogP contribution in [-0.4, -0.2) is 24.4 Å². The summed E-state index contributed by atoms with van der Waals surface area (Å²) in [5.74, 6) is 0.746. The largest absolute Gasteiger partial charge is 0.491 e. The Morgan fingerprint density at radius 1 is 0.950 bits per heavy atom. The van der Waals surface area contributed by atoms with E-state index in [4.69, 9.17) is 4.74 Å². The number of anilines is 1. The highest BCUT2D eigenvalue weighted by atomic mass is 79.9. The fraction of sp³-hybridized carbons (Fsp3) is 0.200. The van der Waals surface area contributed by atoms with Gasteiger partial charge in [0.15, 0.2) is 0 Å². The lowest BCUT2D eigenvalue weighted by molar-refractivity contribution is 0.117. The van der Waals surface area contributed by atoms with Gasteiger partial charge in [-0.15, -0.1) is 0 Å². The molecule has 0 saturated carbocycles. The first-order valence-corrected chi connectivity index (χ1v) is 7.78. The van der Waals surface area contributed by atoms with Crippen LogP contribution in [-0.2, 0) is 0 Å². The topological polar surface area (TPSA) is 41.5 Å². The van der Waals surface area contributed by atoms with E-state index in [1.165, 1.54) is 0 Å².